The predicted octanol–water partition coefficient (Wildman–Crippen LogP) is 2.68. The summed E-state index contributed by atoms with van der Waals surface area (Å²) in [5.41, 5.74) is 6.67. The number of hydrogen-bond acceptors (Lipinski definition) is 2. The first kappa shape index (κ1) is 12.1. The number of nitrogens with two attached hydrogens (primary N) is 1. The molecular formula is C13H14NO2P. The fourth-order valence-electron chi connectivity index (χ4n) is 1.45. The van der Waals surface area contributed by atoms with Crippen LogP contribution in [0.25, 0.3) is 0 Å². The molecule has 0 spiro atoms. The quantitative estimate of drug-likeness (QED) is 0.845. The van der Waals surface area contributed by atoms with Crippen molar-refractivity contribution in [1.29, 1.82) is 0 Å². The van der Waals surface area contributed by atoms with E-state index in [0.717, 1.165) is 5.56 Å². The van der Waals surface area contributed by atoms with Gasteiger partial charge < -0.3 is 4.52 Å². The summed E-state index contributed by atoms with van der Waals surface area (Å²) in [5.74, 6) is 0. The molecule has 1 atom stereocenters. The third kappa shape index (κ3) is 3.27. The van der Waals surface area contributed by atoms with Gasteiger partial charge in [0, 0.05) is 0 Å². The van der Waals surface area contributed by atoms with Crippen molar-refractivity contribution in [2.75, 3.05) is 0 Å². The predicted molar refractivity (Wildman–Crippen MR) is 69.1 cm³/mol. The fourth-order valence-corrected chi connectivity index (χ4v) is 2.53. The molecule has 3 nitrogen and oxygen atoms in total. The Morgan fingerprint density at radius 1 is 0.941 bits per heavy atom. The van der Waals surface area contributed by atoms with E-state index in [0.29, 0.717) is 5.30 Å². The summed E-state index contributed by atoms with van der Waals surface area (Å²) in [7, 11) is -3.21. The van der Waals surface area contributed by atoms with Gasteiger partial charge in [-0.2, -0.15) is 0 Å². The molecule has 0 saturated heterocycles. The average molecular weight is 247 g/mol. The van der Waals surface area contributed by atoms with Gasteiger partial charge in [-0.1, -0.05) is 48.5 Å². The first-order valence-corrected chi connectivity index (χ1v) is 7.00. The Hall–Kier alpha value is -1.41. The summed E-state index contributed by atoms with van der Waals surface area (Å²) in [6.07, 6.45) is 0. The Labute approximate surface area is 101 Å². The van der Waals surface area contributed by atoms with Crippen LogP contribution in [0.5, 0.6) is 0 Å². The molecule has 4 heteroatoms. The molecule has 88 valence electrons. The molecule has 0 saturated carbocycles. The highest BCUT2D eigenvalue weighted by molar-refractivity contribution is 7.64. The zero-order valence-corrected chi connectivity index (χ0v) is 10.2. The van der Waals surface area contributed by atoms with E-state index in [-0.39, 0.29) is 6.61 Å². The first-order chi connectivity index (χ1) is 8.18. The first-order valence-electron chi connectivity index (χ1n) is 5.31. The molecule has 0 aliphatic rings. The number of benzene rings is 2. The summed E-state index contributed by atoms with van der Waals surface area (Å²) in [6, 6.07) is 18.4. The van der Waals surface area contributed by atoms with Crippen LogP contribution in [-0.4, -0.2) is 0 Å². The van der Waals surface area contributed by atoms with Crippen LogP contribution in [0.4, 0.5) is 0 Å². The van der Waals surface area contributed by atoms with Crippen molar-refractivity contribution in [1.82, 2.24) is 0 Å². The molecule has 2 N–H and O–H groups in total. The zero-order valence-electron chi connectivity index (χ0n) is 9.32. The third-order valence-electron chi connectivity index (χ3n) is 2.38. The molecule has 0 radical (unpaired) electrons. The minimum Gasteiger partial charge on any atom is -0.310 e. The minimum atomic E-state index is -3.21. The minimum absolute atomic E-state index is 0.253. The van der Waals surface area contributed by atoms with E-state index in [1.54, 1.807) is 24.3 Å². The van der Waals surface area contributed by atoms with E-state index in [1.165, 1.54) is 0 Å². The molecule has 0 heterocycles. The second-order valence-electron chi connectivity index (χ2n) is 3.69. The highest BCUT2D eigenvalue weighted by atomic mass is 31.2. The maximum Gasteiger partial charge on any atom is 0.297 e. The SMILES string of the molecule is N[P@](=O)(OCc1ccccc1)c1ccccc1. The third-order valence-corrected chi connectivity index (χ3v) is 3.91. The van der Waals surface area contributed by atoms with E-state index in [9.17, 15) is 4.57 Å². The van der Waals surface area contributed by atoms with E-state index >= 15 is 0 Å². The lowest BCUT2D eigenvalue weighted by Crippen LogP contribution is -2.13. The lowest BCUT2D eigenvalue weighted by atomic mass is 10.2. The largest absolute Gasteiger partial charge is 0.310 e. The summed E-state index contributed by atoms with van der Waals surface area (Å²) in [5, 5.41) is 0.538. The molecule has 0 fully saturated rings. The molecule has 17 heavy (non-hydrogen) atoms. The Morgan fingerprint density at radius 2 is 1.47 bits per heavy atom. The van der Waals surface area contributed by atoms with E-state index in [4.69, 9.17) is 10.0 Å². The summed E-state index contributed by atoms with van der Waals surface area (Å²) >= 11 is 0. The molecule has 0 aliphatic carbocycles. The van der Waals surface area contributed by atoms with E-state index in [2.05, 4.69) is 0 Å². The zero-order chi connectivity index (χ0) is 12.1. The molecule has 0 unspecified atom stereocenters. The van der Waals surface area contributed by atoms with Gasteiger partial charge in [-0.15, -0.1) is 0 Å². The van der Waals surface area contributed by atoms with E-state index in [1.807, 2.05) is 36.4 Å². The van der Waals surface area contributed by atoms with Gasteiger partial charge in [0.2, 0.25) is 0 Å². The molecule has 2 rings (SSSR count). The normalized spacial score (nSPS) is 14.2. The lowest BCUT2D eigenvalue weighted by molar-refractivity contribution is 0.310. The summed E-state index contributed by atoms with van der Waals surface area (Å²) < 4.78 is 17.5. The van der Waals surface area contributed by atoms with Gasteiger partial charge in [0.15, 0.2) is 0 Å². The smallest absolute Gasteiger partial charge is 0.297 e. The molecule has 2 aromatic carbocycles. The van der Waals surface area contributed by atoms with Crippen LogP contribution in [0, 0.1) is 0 Å². The lowest BCUT2D eigenvalue weighted by Gasteiger charge is -2.13. The van der Waals surface area contributed by atoms with Crippen molar-refractivity contribution in [2.24, 2.45) is 5.50 Å². The topological polar surface area (TPSA) is 52.3 Å². The van der Waals surface area contributed by atoms with Crippen LogP contribution in [0.15, 0.2) is 60.7 Å². The molecule has 0 amide bonds. The Bertz CT molecular complexity index is 513. The molecular weight excluding hydrogens is 233 g/mol. The van der Waals surface area contributed by atoms with Crippen LogP contribution in [0.1, 0.15) is 5.56 Å². The van der Waals surface area contributed by atoms with Crippen LogP contribution in [0.2, 0.25) is 0 Å². The van der Waals surface area contributed by atoms with Crippen molar-refractivity contribution in [3.63, 3.8) is 0 Å². The molecule has 0 bridgehead atoms. The fraction of sp³-hybridized carbons (Fsp3) is 0.0769. The molecule has 0 aliphatic heterocycles. The van der Waals surface area contributed by atoms with Gasteiger partial charge in [-0.25, -0.2) is 0 Å². The Balaban J connectivity index is 2.06. The van der Waals surface area contributed by atoms with Crippen LogP contribution in [-0.2, 0) is 15.7 Å². The highest BCUT2D eigenvalue weighted by Gasteiger charge is 2.19. The second-order valence-corrected chi connectivity index (χ2v) is 5.66. The van der Waals surface area contributed by atoms with Crippen molar-refractivity contribution in [2.45, 2.75) is 6.61 Å². The van der Waals surface area contributed by atoms with Gasteiger partial charge in [0.05, 0.1) is 11.9 Å². The Kier molecular flexibility index (Phi) is 3.75. The maximum absolute atomic E-state index is 12.1. The van der Waals surface area contributed by atoms with Crippen LogP contribution < -0.4 is 10.8 Å². The Morgan fingerprint density at radius 3 is 2.06 bits per heavy atom. The van der Waals surface area contributed by atoms with Crippen molar-refractivity contribution >= 4 is 12.8 Å². The average Bonchev–Trinajstić information content (AvgIpc) is 2.39. The van der Waals surface area contributed by atoms with Gasteiger partial charge >= 0.3 is 0 Å². The van der Waals surface area contributed by atoms with Gasteiger partial charge in [-0.3, -0.25) is 10.1 Å². The van der Waals surface area contributed by atoms with Gasteiger partial charge in [0.1, 0.15) is 0 Å². The standard InChI is InChI=1S/C13H14NO2P/c14-17(15,13-9-5-2-6-10-13)16-11-12-7-3-1-4-8-12/h1-10H,11H2,(H2,14,15)/t17-/m1/s1. The van der Waals surface area contributed by atoms with E-state index < -0.39 is 7.52 Å². The van der Waals surface area contributed by atoms with Crippen LogP contribution >= 0.6 is 7.52 Å². The van der Waals surface area contributed by atoms with Gasteiger partial charge in [-0.05, 0) is 17.7 Å². The monoisotopic (exact) mass is 247 g/mol. The summed E-state index contributed by atoms with van der Waals surface area (Å²) in [4.78, 5) is 0. The van der Waals surface area contributed by atoms with Crippen molar-refractivity contribution in [3.8, 4) is 0 Å². The number of hydrogen-bond donors (Lipinski definition) is 1. The van der Waals surface area contributed by atoms with Gasteiger partial charge in [0.25, 0.3) is 7.52 Å². The number of rotatable bonds is 4. The van der Waals surface area contributed by atoms with Crippen molar-refractivity contribution in [3.05, 3.63) is 66.2 Å². The highest BCUT2D eigenvalue weighted by Crippen LogP contribution is 2.37. The van der Waals surface area contributed by atoms with Crippen molar-refractivity contribution < 1.29 is 9.09 Å². The summed E-state index contributed by atoms with van der Waals surface area (Å²) in [6.45, 7) is 0.253. The second kappa shape index (κ2) is 5.28. The molecule has 0 aromatic heterocycles. The molecule has 2 aromatic rings. The maximum atomic E-state index is 12.1. The van der Waals surface area contributed by atoms with Crippen LogP contribution in [0.3, 0.4) is 0 Å².